The highest BCUT2D eigenvalue weighted by Gasteiger charge is 2.27. The van der Waals surface area contributed by atoms with Crippen molar-refractivity contribution < 1.29 is 14.1 Å². The van der Waals surface area contributed by atoms with E-state index in [1.807, 2.05) is 36.4 Å². The van der Waals surface area contributed by atoms with Crippen LogP contribution in [0.25, 0.3) is 22.4 Å². The molecule has 1 N–H and O–H groups in total. The summed E-state index contributed by atoms with van der Waals surface area (Å²) >= 11 is 0. The van der Waals surface area contributed by atoms with Crippen LogP contribution in [0.2, 0.25) is 0 Å². The van der Waals surface area contributed by atoms with Gasteiger partial charge in [-0.3, -0.25) is 4.90 Å². The highest BCUT2D eigenvalue weighted by Crippen LogP contribution is 2.31. The smallest absolute Gasteiger partial charge is 0.293 e. The molecule has 1 saturated heterocycles. The Hall–Kier alpha value is -3.23. The van der Waals surface area contributed by atoms with Crippen molar-refractivity contribution in [2.75, 3.05) is 31.2 Å². The van der Waals surface area contributed by atoms with E-state index < -0.39 is 0 Å². The van der Waals surface area contributed by atoms with Crippen LogP contribution in [-0.2, 0) is 4.74 Å². The van der Waals surface area contributed by atoms with Gasteiger partial charge in [-0.05, 0) is 35.9 Å². The largest absolute Gasteiger partial charge is 0.373 e. The highest BCUT2D eigenvalue weighted by molar-refractivity contribution is 5.78. The molecule has 0 spiro atoms. The molecule has 134 valence electrons. The molecule has 5 heteroatoms. The van der Waals surface area contributed by atoms with E-state index >= 15 is 0 Å². The number of aromatic amines is 1. The standard InChI is InChI=1S/C22H18FN3O/c23-18-8-6-17(7-9-18)21-14-19(16-4-2-1-3-5-16)20(15-24)22(25-21)26-10-12-27-13-11-26/h1-9,14H,10-13H2/p+1. The van der Waals surface area contributed by atoms with Gasteiger partial charge in [-0.15, -0.1) is 0 Å². The molecule has 0 amide bonds. The lowest BCUT2D eigenvalue weighted by Gasteiger charge is -2.23. The van der Waals surface area contributed by atoms with Crippen molar-refractivity contribution in [3.05, 3.63) is 72.0 Å². The SMILES string of the molecule is N#Cc1c(-c2ccccc2)cc(-c2ccc(F)cc2)[nH+]c1N1CCOCC1. The lowest BCUT2D eigenvalue weighted by molar-refractivity contribution is -0.351. The van der Waals surface area contributed by atoms with Gasteiger partial charge in [0.25, 0.3) is 5.82 Å². The first-order valence-corrected chi connectivity index (χ1v) is 8.91. The van der Waals surface area contributed by atoms with Crippen LogP contribution in [0.15, 0.2) is 60.7 Å². The third kappa shape index (κ3) is 3.53. The van der Waals surface area contributed by atoms with Crippen molar-refractivity contribution in [3.8, 4) is 28.5 Å². The molecule has 2 aromatic carbocycles. The van der Waals surface area contributed by atoms with Gasteiger partial charge in [-0.25, -0.2) is 9.37 Å². The fraction of sp³-hybridized carbons (Fsp3) is 0.182. The second kappa shape index (κ2) is 7.56. The summed E-state index contributed by atoms with van der Waals surface area (Å²) in [6.45, 7) is 2.68. The molecule has 3 aromatic rings. The van der Waals surface area contributed by atoms with E-state index in [-0.39, 0.29) is 5.82 Å². The third-order valence-electron chi connectivity index (χ3n) is 4.73. The molecule has 1 aliphatic heterocycles. The van der Waals surface area contributed by atoms with Gasteiger partial charge < -0.3 is 4.74 Å². The maximum Gasteiger partial charge on any atom is 0.293 e. The first-order chi connectivity index (χ1) is 13.3. The number of hydrogen-bond acceptors (Lipinski definition) is 3. The van der Waals surface area contributed by atoms with Gasteiger partial charge in [0, 0.05) is 11.1 Å². The molecule has 0 unspecified atom stereocenters. The van der Waals surface area contributed by atoms with Crippen LogP contribution in [0.4, 0.5) is 10.2 Å². The van der Waals surface area contributed by atoms with Crippen molar-refractivity contribution in [2.24, 2.45) is 0 Å². The normalized spacial score (nSPS) is 14.0. The molecule has 0 bridgehead atoms. The average Bonchev–Trinajstić information content (AvgIpc) is 2.74. The van der Waals surface area contributed by atoms with Gasteiger partial charge in [0.2, 0.25) is 0 Å². The maximum absolute atomic E-state index is 13.4. The van der Waals surface area contributed by atoms with E-state index in [0.717, 1.165) is 28.2 Å². The predicted octanol–water partition coefficient (Wildman–Crippen LogP) is 3.68. The van der Waals surface area contributed by atoms with Crippen LogP contribution in [0.5, 0.6) is 0 Å². The summed E-state index contributed by atoms with van der Waals surface area (Å²) in [5.41, 5.74) is 4.15. The number of nitrogens with zero attached hydrogens (tertiary/aromatic N) is 2. The molecule has 4 nitrogen and oxygen atoms in total. The van der Waals surface area contributed by atoms with Crippen molar-refractivity contribution >= 4 is 5.82 Å². The summed E-state index contributed by atoms with van der Waals surface area (Å²) in [6, 6.07) is 20.6. The molecule has 1 aliphatic rings. The Kier molecular flexibility index (Phi) is 4.82. The fourth-order valence-electron chi connectivity index (χ4n) is 3.34. The number of benzene rings is 2. The van der Waals surface area contributed by atoms with E-state index in [0.29, 0.717) is 31.9 Å². The molecule has 0 aliphatic carbocycles. The van der Waals surface area contributed by atoms with Crippen molar-refractivity contribution in [1.82, 2.24) is 0 Å². The number of anilines is 1. The highest BCUT2D eigenvalue weighted by atomic mass is 19.1. The third-order valence-corrected chi connectivity index (χ3v) is 4.73. The van der Waals surface area contributed by atoms with Crippen LogP contribution in [0.3, 0.4) is 0 Å². The van der Waals surface area contributed by atoms with Crippen LogP contribution in [0, 0.1) is 17.1 Å². The summed E-state index contributed by atoms with van der Waals surface area (Å²) in [6.07, 6.45) is 0. The monoisotopic (exact) mass is 360 g/mol. The zero-order valence-corrected chi connectivity index (χ0v) is 14.8. The van der Waals surface area contributed by atoms with Crippen LogP contribution >= 0.6 is 0 Å². The molecular formula is C22H19FN3O+. The van der Waals surface area contributed by atoms with Gasteiger partial charge >= 0.3 is 0 Å². The minimum atomic E-state index is -0.274. The lowest BCUT2D eigenvalue weighted by Crippen LogP contribution is -2.40. The van der Waals surface area contributed by atoms with Gasteiger partial charge in [-0.2, -0.15) is 5.26 Å². The van der Waals surface area contributed by atoms with Crippen molar-refractivity contribution in [3.63, 3.8) is 0 Å². The van der Waals surface area contributed by atoms with Gasteiger partial charge in [0.05, 0.1) is 13.2 Å². The Morgan fingerprint density at radius 3 is 2.33 bits per heavy atom. The van der Waals surface area contributed by atoms with Crippen LogP contribution in [0.1, 0.15) is 5.56 Å². The molecule has 0 atom stereocenters. The summed E-state index contributed by atoms with van der Waals surface area (Å²) in [5.74, 6) is 0.505. The number of hydrogen-bond donors (Lipinski definition) is 0. The molecule has 1 aromatic heterocycles. The van der Waals surface area contributed by atoms with Crippen molar-refractivity contribution in [2.45, 2.75) is 0 Å². The van der Waals surface area contributed by atoms with E-state index in [4.69, 9.17) is 4.74 Å². The summed E-state index contributed by atoms with van der Waals surface area (Å²) in [7, 11) is 0. The number of rotatable bonds is 3. The first-order valence-electron chi connectivity index (χ1n) is 8.91. The van der Waals surface area contributed by atoms with E-state index in [1.54, 1.807) is 12.1 Å². The molecule has 27 heavy (non-hydrogen) atoms. The number of H-pyrrole nitrogens is 1. The summed E-state index contributed by atoms with van der Waals surface area (Å²) in [4.78, 5) is 5.55. The lowest BCUT2D eigenvalue weighted by atomic mass is 9.98. The number of nitriles is 1. The number of aromatic nitrogens is 1. The number of pyridine rings is 1. The average molecular weight is 360 g/mol. The zero-order chi connectivity index (χ0) is 18.6. The molecule has 4 rings (SSSR count). The van der Waals surface area contributed by atoms with Gasteiger partial charge in [0.15, 0.2) is 0 Å². The Bertz CT molecular complexity index is 975. The Morgan fingerprint density at radius 1 is 0.963 bits per heavy atom. The molecule has 1 fully saturated rings. The topological polar surface area (TPSA) is 50.4 Å². The quantitative estimate of drug-likeness (QED) is 0.716. The number of nitrogens with one attached hydrogen (secondary N) is 1. The Morgan fingerprint density at radius 2 is 1.67 bits per heavy atom. The van der Waals surface area contributed by atoms with Crippen LogP contribution in [-0.4, -0.2) is 26.3 Å². The van der Waals surface area contributed by atoms with Crippen molar-refractivity contribution in [1.29, 1.82) is 5.26 Å². The minimum Gasteiger partial charge on any atom is -0.373 e. The molecular weight excluding hydrogens is 341 g/mol. The number of morpholine rings is 1. The Balaban J connectivity index is 1.92. The molecule has 0 radical (unpaired) electrons. The first kappa shape index (κ1) is 17.2. The zero-order valence-electron chi connectivity index (χ0n) is 14.8. The van der Waals surface area contributed by atoms with E-state index in [1.165, 1.54) is 12.1 Å². The number of ether oxygens (including phenoxy) is 1. The maximum atomic E-state index is 13.4. The van der Waals surface area contributed by atoms with E-state index in [9.17, 15) is 9.65 Å². The number of halogens is 1. The summed E-state index contributed by atoms with van der Waals surface area (Å²) in [5, 5.41) is 9.91. The van der Waals surface area contributed by atoms with E-state index in [2.05, 4.69) is 16.0 Å². The molecule has 2 heterocycles. The fourth-order valence-corrected chi connectivity index (χ4v) is 3.34. The molecule has 0 saturated carbocycles. The predicted molar refractivity (Wildman–Crippen MR) is 102 cm³/mol. The van der Waals surface area contributed by atoms with Crippen LogP contribution < -0.4 is 9.88 Å². The minimum absolute atomic E-state index is 0.274. The summed E-state index contributed by atoms with van der Waals surface area (Å²) < 4.78 is 18.8. The second-order valence-electron chi connectivity index (χ2n) is 6.40. The van der Waals surface area contributed by atoms with Gasteiger partial charge in [-0.1, -0.05) is 30.3 Å². The second-order valence-corrected chi connectivity index (χ2v) is 6.40. The Labute approximate surface area is 157 Å². The van der Waals surface area contributed by atoms with Gasteiger partial charge in [0.1, 0.15) is 36.2 Å².